The Bertz CT molecular complexity index is 475. The molecule has 1 aromatic carbocycles. The first-order chi connectivity index (χ1) is 8.50. The molecule has 98 valence electrons. The van der Waals surface area contributed by atoms with E-state index in [0.29, 0.717) is 0 Å². The van der Waals surface area contributed by atoms with E-state index in [-0.39, 0.29) is 17.3 Å². The number of nitrogens with two attached hydrogens (primary N) is 1. The van der Waals surface area contributed by atoms with E-state index in [1.807, 2.05) is 0 Å². The second-order valence-corrected chi connectivity index (χ2v) is 5.44. The summed E-state index contributed by atoms with van der Waals surface area (Å²) in [5, 5.41) is 0. The summed E-state index contributed by atoms with van der Waals surface area (Å²) in [5.41, 5.74) is 4.68. The number of hydrogen-bond donors (Lipinski definition) is 1. The second kappa shape index (κ2) is 5.14. The zero-order chi connectivity index (χ0) is 13.3. The van der Waals surface area contributed by atoms with Crippen molar-refractivity contribution >= 4 is 23.4 Å². The molecule has 1 amide bonds. The monoisotopic (exact) mass is 272 g/mol. The van der Waals surface area contributed by atoms with Crippen LogP contribution in [0.4, 0.5) is 14.5 Å². The third-order valence-electron chi connectivity index (χ3n) is 3.07. The van der Waals surface area contributed by atoms with Crippen molar-refractivity contribution < 1.29 is 13.6 Å². The van der Waals surface area contributed by atoms with Gasteiger partial charge in [-0.2, -0.15) is 11.8 Å². The predicted molar refractivity (Wildman–Crippen MR) is 68.6 cm³/mol. The first kappa shape index (κ1) is 13.1. The Labute approximate surface area is 108 Å². The Kier molecular flexibility index (Phi) is 3.75. The molecule has 0 bridgehead atoms. The van der Waals surface area contributed by atoms with Gasteiger partial charge in [0, 0.05) is 18.8 Å². The maximum Gasteiger partial charge on any atom is 0.257 e. The first-order valence-electron chi connectivity index (χ1n) is 5.60. The summed E-state index contributed by atoms with van der Waals surface area (Å²) in [6, 6.07) is 1.84. The van der Waals surface area contributed by atoms with Crippen LogP contribution in [0, 0.1) is 11.6 Å². The predicted octanol–water partition coefficient (Wildman–Crippen LogP) is 2.12. The fourth-order valence-electron chi connectivity index (χ4n) is 1.95. The summed E-state index contributed by atoms with van der Waals surface area (Å²) in [6.07, 6.45) is 0.874. The van der Waals surface area contributed by atoms with Gasteiger partial charge in [-0.15, -0.1) is 0 Å². The molecule has 0 aliphatic carbocycles. The molecule has 1 unspecified atom stereocenters. The number of halogens is 2. The molecule has 1 atom stereocenters. The standard InChI is InChI=1S/C12H14F2N2OS/c1-16(8-2-3-18-6-8)12(17)9-4-7(13)5-10(15)11(9)14/h4-5,8H,2-3,6,15H2,1H3. The van der Waals surface area contributed by atoms with E-state index in [1.54, 1.807) is 18.8 Å². The van der Waals surface area contributed by atoms with Gasteiger partial charge in [0.25, 0.3) is 5.91 Å². The zero-order valence-electron chi connectivity index (χ0n) is 9.95. The number of carbonyl (C=O) groups is 1. The SMILES string of the molecule is CN(C(=O)c1cc(F)cc(N)c1F)C1CCSC1. The lowest BCUT2D eigenvalue weighted by Crippen LogP contribution is -2.37. The average Bonchev–Trinajstić information content (AvgIpc) is 2.85. The number of nitrogen functional groups attached to an aromatic ring is 1. The Morgan fingerprint density at radius 2 is 2.22 bits per heavy atom. The van der Waals surface area contributed by atoms with E-state index in [9.17, 15) is 13.6 Å². The highest BCUT2D eigenvalue weighted by Gasteiger charge is 2.27. The molecule has 3 nitrogen and oxygen atoms in total. The summed E-state index contributed by atoms with van der Waals surface area (Å²) in [6.45, 7) is 0. The van der Waals surface area contributed by atoms with Crippen molar-refractivity contribution in [2.24, 2.45) is 0 Å². The third kappa shape index (κ3) is 2.43. The van der Waals surface area contributed by atoms with Crippen LogP contribution in [0.1, 0.15) is 16.8 Å². The highest BCUT2D eigenvalue weighted by Crippen LogP contribution is 2.24. The zero-order valence-corrected chi connectivity index (χ0v) is 10.8. The van der Waals surface area contributed by atoms with Crippen LogP contribution in [0.2, 0.25) is 0 Å². The third-order valence-corrected chi connectivity index (χ3v) is 4.21. The lowest BCUT2D eigenvalue weighted by atomic mass is 10.1. The highest BCUT2D eigenvalue weighted by molar-refractivity contribution is 7.99. The molecule has 6 heteroatoms. The number of anilines is 1. The fraction of sp³-hybridized carbons (Fsp3) is 0.417. The van der Waals surface area contributed by atoms with Crippen molar-refractivity contribution in [1.82, 2.24) is 4.90 Å². The fourth-order valence-corrected chi connectivity index (χ4v) is 3.22. The van der Waals surface area contributed by atoms with Crippen molar-refractivity contribution in [2.45, 2.75) is 12.5 Å². The Morgan fingerprint density at radius 1 is 1.50 bits per heavy atom. The minimum Gasteiger partial charge on any atom is -0.396 e. The van der Waals surface area contributed by atoms with Crippen LogP contribution in [0.15, 0.2) is 12.1 Å². The molecule has 0 spiro atoms. The largest absolute Gasteiger partial charge is 0.396 e. The maximum atomic E-state index is 13.7. The van der Waals surface area contributed by atoms with Gasteiger partial charge in [0.2, 0.25) is 0 Å². The Hall–Kier alpha value is -1.30. The molecular formula is C12H14F2N2OS. The molecule has 1 heterocycles. The van der Waals surface area contributed by atoms with Crippen LogP contribution < -0.4 is 5.73 Å². The smallest absolute Gasteiger partial charge is 0.257 e. The number of thioether (sulfide) groups is 1. The van der Waals surface area contributed by atoms with Crippen molar-refractivity contribution in [2.75, 3.05) is 24.3 Å². The number of hydrogen-bond acceptors (Lipinski definition) is 3. The van der Waals surface area contributed by atoms with E-state index in [0.717, 1.165) is 30.1 Å². The lowest BCUT2D eigenvalue weighted by Gasteiger charge is -2.24. The van der Waals surface area contributed by atoms with Crippen molar-refractivity contribution in [3.8, 4) is 0 Å². The van der Waals surface area contributed by atoms with Gasteiger partial charge in [-0.3, -0.25) is 4.79 Å². The van der Waals surface area contributed by atoms with Crippen molar-refractivity contribution in [3.63, 3.8) is 0 Å². The molecule has 18 heavy (non-hydrogen) atoms. The van der Waals surface area contributed by atoms with Gasteiger partial charge in [-0.05, 0) is 24.3 Å². The maximum absolute atomic E-state index is 13.7. The summed E-state index contributed by atoms with van der Waals surface area (Å²) < 4.78 is 26.9. The number of amides is 1. The van der Waals surface area contributed by atoms with Gasteiger partial charge in [0.1, 0.15) is 5.82 Å². The molecule has 0 saturated carbocycles. The number of rotatable bonds is 2. The van der Waals surface area contributed by atoms with Crippen LogP contribution >= 0.6 is 11.8 Å². The molecule has 1 aliphatic heterocycles. The molecule has 1 saturated heterocycles. The van der Waals surface area contributed by atoms with Crippen LogP contribution in [0.25, 0.3) is 0 Å². The first-order valence-corrected chi connectivity index (χ1v) is 6.75. The number of nitrogens with zero attached hydrogens (tertiary/aromatic N) is 1. The summed E-state index contributed by atoms with van der Waals surface area (Å²) >= 11 is 1.75. The van der Waals surface area contributed by atoms with Crippen molar-refractivity contribution in [1.29, 1.82) is 0 Å². The van der Waals surface area contributed by atoms with Gasteiger partial charge in [-0.1, -0.05) is 0 Å². The van der Waals surface area contributed by atoms with Crippen molar-refractivity contribution in [3.05, 3.63) is 29.3 Å². The van der Waals surface area contributed by atoms with Gasteiger partial charge in [0.05, 0.1) is 11.3 Å². The lowest BCUT2D eigenvalue weighted by molar-refractivity contribution is 0.0742. The minimum absolute atomic E-state index is 0.0754. The summed E-state index contributed by atoms with van der Waals surface area (Å²) in [5.74, 6) is -0.262. The molecule has 2 rings (SSSR count). The van der Waals surface area contributed by atoms with Crippen LogP contribution in [0.3, 0.4) is 0 Å². The van der Waals surface area contributed by atoms with Crippen LogP contribution in [-0.4, -0.2) is 35.4 Å². The average molecular weight is 272 g/mol. The number of carbonyl (C=O) groups excluding carboxylic acids is 1. The molecule has 1 fully saturated rings. The molecular weight excluding hydrogens is 258 g/mol. The van der Waals surface area contributed by atoms with Crippen LogP contribution in [-0.2, 0) is 0 Å². The van der Waals surface area contributed by atoms with E-state index in [2.05, 4.69) is 0 Å². The second-order valence-electron chi connectivity index (χ2n) is 4.29. The summed E-state index contributed by atoms with van der Waals surface area (Å²) in [7, 11) is 1.61. The highest BCUT2D eigenvalue weighted by atomic mass is 32.2. The van der Waals surface area contributed by atoms with Gasteiger partial charge >= 0.3 is 0 Å². The Balaban J connectivity index is 2.27. The molecule has 1 aromatic rings. The summed E-state index contributed by atoms with van der Waals surface area (Å²) in [4.78, 5) is 13.6. The van der Waals surface area contributed by atoms with Crippen LogP contribution in [0.5, 0.6) is 0 Å². The minimum atomic E-state index is -0.848. The molecule has 2 N–H and O–H groups in total. The normalized spacial score (nSPS) is 18.9. The van der Waals surface area contributed by atoms with E-state index < -0.39 is 17.5 Å². The molecule has 0 radical (unpaired) electrons. The Morgan fingerprint density at radius 3 is 2.83 bits per heavy atom. The van der Waals surface area contributed by atoms with E-state index in [4.69, 9.17) is 5.73 Å². The van der Waals surface area contributed by atoms with Gasteiger partial charge in [0.15, 0.2) is 5.82 Å². The molecule has 1 aliphatic rings. The quantitative estimate of drug-likeness (QED) is 0.839. The molecule has 0 aromatic heterocycles. The van der Waals surface area contributed by atoms with E-state index >= 15 is 0 Å². The van der Waals surface area contributed by atoms with Gasteiger partial charge in [-0.25, -0.2) is 8.78 Å². The number of benzene rings is 1. The topological polar surface area (TPSA) is 46.3 Å². The van der Waals surface area contributed by atoms with E-state index in [1.165, 1.54) is 4.90 Å². The van der Waals surface area contributed by atoms with Gasteiger partial charge < -0.3 is 10.6 Å².